The number of fused-ring (bicyclic) bond motifs is 1. The SMILES string of the molecule is CN(CC(=O)OC(C)(C)C)[C@](C=O)(CC1CCCCC1)N1CCC[C@H]1C(=O)NCc1ccc2c(N)nccc2c1. The fraction of sp³-hybridized carbons (Fsp3) is 0.613. The van der Waals surface area contributed by atoms with E-state index in [1.54, 1.807) is 6.20 Å². The van der Waals surface area contributed by atoms with Crippen molar-refractivity contribution in [2.75, 3.05) is 25.9 Å². The van der Waals surface area contributed by atoms with Gasteiger partial charge >= 0.3 is 5.97 Å². The highest BCUT2D eigenvalue weighted by atomic mass is 16.6. The van der Waals surface area contributed by atoms with Gasteiger partial charge in [0.25, 0.3) is 0 Å². The first-order chi connectivity index (χ1) is 19.0. The number of nitrogen functional groups attached to an aromatic ring is 1. The highest BCUT2D eigenvalue weighted by molar-refractivity contribution is 5.91. The summed E-state index contributed by atoms with van der Waals surface area (Å²) in [7, 11) is 1.81. The van der Waals surface area contributed by atoms with Crippen LogP contribution < -0.4 is 11.1 Å². The number of nitrogens with one attached hydrogen (secondary N) is 1. The van der Waals surface area contributed by atoms with Crippen molar-refractivity contribution in [2.45, 2.75) is 96.0 Å². The number of nitrogens with two attached hydrogens (primary N) is 1. The van der Waals surface area contributed by atoms with Gasteiger partial charge in [-0.25, -0.2) is 4.98 Å². The Morgan fingerprint density at radius 1 is 1.15 bits per heavy atom. The van der Waals surface area contributed by atoms with E-state index < -0.39 is 17.3 Å². The zero-order valence-corrected chi connectivity index (χ0v) is 24.4. The molecule has 9 nitrogen and oxygen atoms in total. The van der Waals surface area contributed by atoms with Crippen molar-refractivity contribution in [1.29, 1.82) is 0 Å². The second-order valence-electron chi connectivity index (χ2n) is 12.5. The van der Waals surface area contributed by atoms with Crippen LogP contribution in [0, 0.1) is 5.92 Å². The maximum absolute atomic E-state index is 13.6. The van der Waals surface area contributed by atoms with Crippen LogP contribution in [0.15, 0.2) is 30.5 Å². The normalized spacial score (nSPS) is 20.4. The summed E-state index contributed by atoms with van der Waals surface area (Å²) >= 11 is 0. The van der Waals surface area contributed by atoms with E-state index in [4.69, 9.17) is 10.5 Å². The standard InChI is InChI=1S/C31H45N5O4/c1-30(2,3)40-27(38)20-35(4)31(21-37,18-22-9-6-5-7-10-22)36-16-8-11-26(36)29(39)34-19-23-12-13-25-24(17-23)14-15-33-28(25)32/h12-15,17,21-22,26H,5-11,16,18-20H2,1-4H3,(H2,32,33)(H,34,39)/t26-,31+/m0/s1. The Bertz CT molecular complexity index is 1210. The predicted octanol–water partition coefficient (Wildman–Crippen LogP) is 4.04. The summed E-state index contributed by atoms with van der Waals surface area (Å²) in [6.45, 7) is 6.46. The topological polar surface area (TPSA) is 118 Å². The second kappa shape index (κ2) is 12.6. The molecule has 4 rings (SSSR count). The molecule has 2 aromatic rings. The van der Waals surface area contributed by atoms with Crippen molar-refractivity contribution < 1.29 is 19.1 Å². The van der Waals surface area contributed by atoms with Crippen molar-refractivity contribution in [3.8, 4) is 0 Å². The van der Waals surface area contributed by atoms with Crippen molar-refractivity contribution in [1.82, 2.24) is 20.1 Å². The van der Waals surface area contributed by atoms with Crippen LogP contribution in [0.1, 0.15) is 77.7 Å². The van der Waals surface area contributed by atoms with Gasteiger partial charge in [-0.2, -0.15) is 0 Å². The van der Waals surface area contributed by atoms with E-state index in [9.17, 15) is 14.4 Å². The third kappa shape index (κ3) is 6.99. The number of benzene rings is 1. The molecular formula is C31H45N5O4. The summed E-state index contributed by atoms with van der Waals surface area (Å²) in [5.41, 5.74) is 5.26. The Morgan fingerprint density at radius 3 is 2.60 bits per heavy atom. The van der Waals surface area contributed by atoms with Crippen LogP contribution in [-0.4, -0.2) is 70.4 Å². The summed E-state index contributed by atoms with van der Waals surface area (Å²) < 4.78 is 5.59. The lowest BCUT2D eigenvalue weighted by Crippen LogP contribution is -2.65. The van der Waals surface area contributed by atoms with Gasteiger partial charge in [0, 0.05) is 24.7 Å². The number of carbonyl (C=O) groups is 3. The quantitative estimate of drug-likeness (QED) is 0.336. The summed E-state index contributed by atoms with van der Waals surface area (Å²) in [4.78, 5) is 47.6. The number of esters is 1. The molecule has 40 heavy (non-hydrogen) atoms. The molecule has 2 aliphatic rings. The molecule has 1 aromatic carbocycles. The molecule has 3 N–H and O–H groups in total. The Hall–Kier alpha value is -3.04. The van der Waals surface area contributed by atoms with Gasteiger partial charge in [0.15, 0.2) is 6.29 Å². The average molecular weight is 552 g/mol. The highest BCUT2D eigenvalue weighted by Crippen LogP contribution is 2.38. The van der Waals surface area contributed by atoms with Crippen LogP contribution in [0.5, 0.6) is 0 Å². The molecule has 1 amide bonds. The predicted molar refractivity (Wildman–Crippen MR) is 156 cm³/mol. The van der Waals surface area contributed by atoms with Gasteiger partial charge in [-0.1, -0.05) is 44.2 Å². The number of amides is 1. The molecule has 1 aromatic heterocycles. The van der Waals surface area contributed by atoms with Crippen molar-refractivity contribution in [2.24, 2.45) is 5.92 Å². The summed E-state index contributed by atoms with van der Waals surface area (Å²) in [6.07, 6.45) is 10.3. The van der Waals surface area contributed by atoms with E-state index in [-0.39, 0.29) is 18.4 Å². The molecule has 1 saturated heterocycles. The lowest BCUT2D eigenvalue weighted by molar-refractivity contribution is -0.163. The van der Waals surface area contributed by atoms with E-state index in [1.165, 1.54) is 6.42 Å². The first kappa shape index (κ1) is 29.9. The monoisotopic (exact) mass is 551 g/mol. The van der Waals surface area contributed by atoms with Crippen LogP contribution in [0.2, 0.25) is 0 Å². The maximum Gasteiger partial charge on any atom is 0.320 e. The lowest BCUT2D eigenvalue weighted by Gasteiger charge is -2.48. The fourth-order valence-electron chi connectivity index (χ4n) is 6.39. The van der Waals surface area contributed by atoms with Crippen molar-refractivity contribution in [3.05, 3.63) is 36.0 Å². The second-order valence-corrected chi connectivity index (χ2v) is 12.5. The summed E-state index contributed by atoms with van der Waals surface area (Å²) in [5.74, 6) is 0.363. The fourth-order valence-corrected chi connectivity index (χ4v) is 6.39. The Balaban J connectivity index is 1.53. The molecule has 1 saturated carbocycles. The summed E-state index contributed by atoms with van der Waals surface area (Å²) in [5, 5.41) is 4.96. The molecule has 1 aliphatic carbocycles. The molecule has 0 spiro atoms. The summed E-state index contributed by atoms with van der Waals surface area (Å²) in [6, 6.07) is 7.32. The minimum Gasteiger partial charge on any atom is -0.459 e. The lowest BCUT2D eigenvalue weighted by atomic mass is 9.81. The first-order valence-corrected chi connectivity index (χ1v) is 14.6. The molecule has 9 heteroatoms. The Morgan fingerprint density at radius 2 is 1.90 bits per heavy atom. The number of rotatable bonds is 10. The van der Waals surface area contributed by atoms with Gasteiger partial charge in [-0.05, 0) is 76.1 Å². The third-order valence-electron chi connectivity index (χ3n) is 8.33. The number of hydrogen-bond acceptors (Lipinski definition) is 8. The van der Waals surface area contributed by atoms with Gasteiger partial charge in [-0.3, -0.25) is 24.2 Å². The minimum atomic E-state index is -1.06. The van der Waals surface area contributed by atoms with Crippen LogP contribution >= 0.6 is 0 Å². The number of likely N-dealkylation sites (tertiary alicyclic amines) is 1. The zero-order valence-electron chi connectivity index (χ0n) is 24.4. The Kier molecular flexibility index (Phi) is 9.46. The Labute approximate surface area is 237 Å². The molecule has 0 radical (unpaired) electrons. The van der Waals surface area contributed by atoms with Gasteiger partial charge in [-0.15, -0.1) is 0 Å². The van der Waals surface area contributed by atoms with Crippen LogP contribution in [0.25, 0.3) is 10.8 Å². The number of likely N-dealkylation sites (N-methyl/N-ethyl adjacent to an activating group) is 1. The molecule has 0 unspecified atom stereocenters. The van der Waals surface area contributed by atoms with Crippen molar-refractivity contribution >= 4 is 34.8 Å². The number of pyridine rings is 1. The number of hydrogen-bond donors (Lipinski definition) is 2. The van der Waals surface area contributed by atoms with E-state index in [1.807, 2.05) is 61.9 Å². The van der Waals surface area contributed by atoms with E-state index in [2.05, 4.69) is 10.3 Å². The number of aldehydes is 1. The highest BCUT2D eigenvalue weighted by Gasteiger charge is 2.49. The number of anilines is 1. The van der Waals surface area contributed by atoms with Crippen molar-refractivity contribution in [3.63, 3.8) is 0 Å². The number of ether oxygens (including phenoxy) is 1. The van der Waals surface area contributed by atoms with Gasteiger partial charge in [0.1, 0.15) is 17.1 Å². The molecule has 2 heterocycles. The number of aromatic nitrogens is 1. The minimum absolute atomic E-state index is 0.0252. The van der Waals surface area contributed by atoms with E-state index >= 15 is 0 Å². The molecule has 218 valence electrons. The average Bonchev–Trinajstić information content (AvgIpc) is 3.40. The zero-order chi connectivity index (χ0) is 28.9. The maximum atomic E-state index is 13.6. The van der Waals surface area contributed by atoms with E-state index in [0.717, 1.165) is 54.7 Å². The number of carbonyl (C=O) groups excluding carboxylic acids is 3. The third-order valence-corrected chi connectivity index (χ3v) is 8.33. The van der Waals surface area contributed by atoms with E-state index in [0.29, 0.717) is 37.7 Å². The van der Waals surface area contributed by atoms with Gasteiger partial charge in [0.2, 0.25) is 5.91 Å². The molecule has 1 aliphatic heterocycles. The molecule has 2 atom stereocenters. The van der Waals surface area contributed by atoms with Gasteiger partial charge in [0.05, 0.1) is 12.6 Å². The van der Waals surface area contributed by atoms with Crippen LogP contribution in [0.4, 0.5) is 5.82 Å². The van der Waals surface area contributed by atoms with Gasteiger partial charge < -0.3 is 15.8 Å². The first-order valence-electron chi connectivity index (χ1n) is 14.6. The number of nitrogens with zero attached hydrogens (tertiary/aromatic N) is 3. The van der Waals surface area contributed by atoms with Crippen LogP contribution in [-0.2, 0) is 25.7 Å². The van der Waals surface area contributed by atoms with Crippen LogP contribution in [0.3, 0.4) is 0 Å². The largest absolute Gasteiger partial charge is 0.459 e. The molecular weight excluding hydrogens is 506 g/mol. The molecule has 0 bridgehead atoms. The smallest absolute Gasteiger partial charge is 0.320 e. The molecule has 2 fully saturated rings.